The lowest BCUT2D eigenvalue weighted by molar-refractivity contribution is -0.190. The lowest BCUT2D eigenvalue weighted by Crippen LogP contribution is -2.30. The van der Waals surface area contributed by atoms with Crippen LogP contribution < -0.4 is 0 Å². The molecule has 5 heteroatoms. The first-order valence-corrected chi connectivity index (χ1v) is 7.20. The average molecular weight is 279 g/mol. The Labute approximate surface area is 117 Å². The molecule has 0 radical (unpaired) electrons. The Balaban J connectivity index is 2.36. The second kappa shape index (κ2) is 8.37. The van der Waals surface area contributed by atoms with Crippen LogP contribution in [0.3, 0.4) is 0 Å². The highest BCUT2D eigenvalue weighted by Crippen LogP contribution is 2.03. The number of hydrogen-bond acceptors (Lipinski definition) is 4. The first-order chi connectivity index (χ1) is 9.13. The molecule has 1 aromatic carbocycles. The molecule has 1 rings (SSSR count). The van der Waals surface area contributed by atoms with Gasteiger partial charge in [0.25, 0.3) is 5.91 Å². The molecule has 0 unspecified atom stereocenters. The summed E-state index contributed by atoms with van der Waals surface area (Å²) in [6.45, 7) is 0. The van der Waals surface area contributed by atoms with Crippen molar-refractivity contribution in [1.82, 2.24) is 5.06 Å². The van der Waals surface area contributed by atoms with Gasteiger partial charge in [0, 0.05) is 7.05 Å². The minimum absolute atomic E-state index is 0.131. The molecule has 0 atom stereocenters. The summed E-state index contributed by atoms with van der Waals surface area (Å²) in [4.78, 5) is 27.7. The van der Waals surface area contributed by atoms with E-state index in [0.29, 0.717) is 5.75 Å². The van der Waals surface area contributed by atoms with Crippen molar-refractivity contribution in [1.29, 1.82) is 0 Å². The number of nitrogens with zero attached hydrogens (tertiary/aromatic N) is 1. The quantitative estimate of drug-likeness (QED) is 0.776. The third-order valence-corrected chi connectivity index (χ3v) is 2.79. The van der Waals surface area contributed by atoms with E-state index in [4.69, 9.17) is 4.84 Å². The molecule has 0 aliphatic rings. The van der Waals surface area contributed by atoms with Crippen LogP contribution in [0.4, 0.5) is 0 Å². The van der Waals surface area contributed by atoms with Gasteiger partial charge in [-0.1, -0.05) is 42.5 Å². The molecule has 0 aliphatic heterocycles. The molecule has 1 amide bonds. The standard InChI is InChI=1S/C14H17NO3S/c1-15(13(16)11-19-2)18-14(17)10-6-9-12-7-4-3-5-8-12/h3-9H,10-11H2,1-2H3/b9-6+. The van der Waals surface area contributed by atoms with E-state index in [1.54, 1.807) is 6.08 Å². The Morgan fingerprint density at radius 3 is 2.63 bits per heavy atom. The number of hydroxylamine groups is 2. The van der Waals surface area contributed by atoms with Crippen LogP contribution in [0.25, 0.3) is 6.08 Å². The summed E-state index contributed by atoms with van der Waals surface area (Å²) >= 11 is 1.38. The van der Waals surface area contributed by atoms with Crippen LogP contribution in [0.1, 0.15) is 12.0 Å². The molecule has 1 aromatic rings. The number of rotatable bonds is 5. The minimum atomic E-state index is -0.455. The maximum Gasteiger partial charge on any atom is 0.336 e. The van der Waals surface area contributed by atoms with E-state index in [1.807, 2.05) is 42.7 Å². The van der Waals surface area contributed by atoms with Crippen LogP contribution in [-0.2, 0) is 14.4 Å². The molecule has 102 valence electrons. The maximum absolute atomic E-state index is 11.5. The summed E-state index contributed by atoms with van der Waals surface area (Å²) in [6.07, 6.45) is 5.50. The highest BCUT2D eigenvalue weighted by Gasteiger charge is 2.12. The molecule has 0 bridgehead atoms. The van der Waals surface area contributed by atoms with E-state index >= 15 is 0 Å². The molecule has 0 saturated carbocycles. The van der Waals surface area contributed by atoms with E-state index in [9.17, 15) is 9.59 Å². The summed E-state index contributed by atoms with van der Waals surface area (Å²) in [6, 6.07) is 9.66. The van der Waals surface area contributed by atoms with E-state index in [0.717, 1.165) is 10.6 Å². The van der Waals surface area contributed by atoms with Gasteiger partial charge >= 0.3 is 5.97 Å². The second-order valence-electron chi connectivity index (χ2n) is 3.80. The number of benzene rings is 1. The van der Waals surface area contributed by atoms with Gasteiger partial charge in [-0.05, 0) is 11.8 Å². The van der Waals surface area contributed by atoms with Crippen LogP contribution in [0.5, 0.6) is 0 Å². The third-order valence-electron chi connectivity index (χ3n) is 2.25. The number of thioether (sulfide) groups is 1. The van der Waals surface area contributed by atoms with Gasteiger partial charge < -0.3 is 4.84 Å². The molecule has 0 heterocycles. The van der Waals surface area contributed by atoms with Crippen molar-refractivity contribution >= 4 is 29.7 Å². The lowest BCUT2D eigenvalue weighted by Gasteiger charge is -2.14. The second-order valence-corrected chi connectivity index (χ2v) is 4.67. The average Bonchev–Trinajstić information content (AvgIpc) is 2.40. The fourth-order valence-corrected chi connectivity index (χ4v) is 1.74. The normalized spacial score (nSPS) is 10.4. The molecule has 0 N–H and O–H groups in total. The topological polar surface area (TPSA) is 46.6 Å². The van der Waals surface area contributed by atoms with E-state index < -0.39 is 5.97 Å². The Morgan fingerprint density at radius 1 is 1.32 bits per heavy atom. The van der Waals surface area contributed by atoms with E-state index in [-0.39, 0.29) is 12.3 Å². The fraction of sp³-hybridized carbons (Fsp3) is 0.286. The van der Waals surface area contributed by atoms with Gasteiger partial charge in [0.05, 0.1) is 12.2 Å². The van der Waals surface area contributed by atoms with Gasteiger partial charge in [-0.15, -0.1) is 0 Å². The summed E-state index contributed by atoms with van der Waals surface area (Å²) in [5.74, 6) is -0.388. The minimum Gasteiger partial charge on any atom is -0.338 e. The number of amides is 1. The summed E-state index contributed by atoms with van der Waals surface area (Å²) in [7, 11) is 1.44. The predicted molar refractivity (Wildman–Crippen MR) is 77.3 cm³/mol. The Kier molecular flexibility index (Phi) is 6.74. The van der Waals surface area contributed by atoms with Crippen molar-refractivity contribution in [3.63, 3.8) is 0 Å². The van der Waals surface area contributed by atoms with Crippen LogP contribution in [0.15, 0.2) is 36.4 Å². The molecule has 19 heavy (non-hydrogen) atoms. The first-order valence-electron chi connectivity index (χ1n) is 5.81. The van der Waals surface area contributed by atoms with E-state index in [1.165, 1.54) is 18.8 Å². The first kappa shape index (κ1) is 15.3. The maximum atomic E-state index is 11.5. The smallest absolute Gasteiger partial charge is 0.336 e. The molecule has 0 saturated heterocycles. The molecule has 0 aromatic heterocycles. The third kappa shape index (κ3) is 6.10. The van der Waals surface area contributed by atoms with Crippen molar-refractivity contribution in [2.24, 2.45) is 0 Å². The van der Waals surface area contributed by atoms with Crippen LogP contribution in [0.2, 0.25) is 0 Å². The SMILES string of the molecule is CSCC(=O)N(C)OC(=O)C/C=C/c1ccccc1. The number of hydrogen-bond donors (Lipinski definition) is 0. The molecule has 0 aliphatic carbocycles. The Hall–Kier alpha value is -1.75. The van der Waals surface area contributed by atoms with Crippen molar-refractivity contribution in [3.05, 3.63) is 42.0 Å². The molecular weight excluding hydrogens is 262 g/mol. The summed E-state index contributed by atoms with van der Waals surface area (Å²) < 4.78 is 0. The van der Waals surface area contributed by atoms with Crippen molar-refractivity contribution in [2.45, 2.75) is 6.42 Å². The monoisotopic (exact) mass is 279 g/mol. The van der Waals surface area contributed by atoms with Gasteiger partial charge in [0.1, 0.15) is 0 Å². The van der Waals surface area contributed by atoms with Crippen LogP contribution in [-0.4, -0.2) is 36.0 Å². The molecular formula is C14H17NO3S. The highest BCUT2D eigenvalue weighted by molar-refractivity contribution is 7.99. The summed E-state index contributed by atoms with van der Waals surface area (Å²) in [5.41, 5.74) is 1.02. The van der Waals surface area contributed by atoms with E-state index in [2.05, 4.69) is 0 Å². The Morgan fingerprint density at radius 2 is 2.00 bits per heavy atom. The Bertz CT molecular complexity index is 445. The van der Waals surface area contributed by atoms with Gasteiger partial charge in [-0.3, -0.25) is 4.79 Å². The molecule has 4 nitrogen and oxygen atoms in total. The van der Waals surface area contributed by atoms with Crippen molar-refractivity contribution < 1.29 is 14.4 Å². The largest absolute Gasteiger partial charge is 0.338 e. The van der Waals surface area contributed by atoms with Crippen LogP contribution in [0, 0.1) is 0 Å². The van der Waals surface area contributed by atoms with Crippen molar-refractivity contribution in [2.75, 3.05) is 19.1 Å². The van der Waals surface area contributed by atoms with Crippen LogP contribution >= 0.6 is 11.8 Å². The predicted octanol–water partition coefficient (Wildman–Crippen LogP) is 2.37. The summed E-state index contributed by atoms with van der Waals surface area (Å²) in [5, 5.41) is 0.981. The van der Waals surface area contributed by atoms with Gasteiger partial charge in [0.2, 0.25) is 0 Å². The zero-order chi connectivity index (χ0) is 14.1. The number of carbonyl (C=O) groups is 2. The zero-order valence-electron chi connectivity index (χ0n) is 11.0. The molecule has 0 spiro atoms. The molecule has 0 fully saturated rings. The van der Waals surface area contributed by atoms with Crippen molar-refractivity contribution in [3.8, 4) is 0 Å². The highest BCUT2D eigenvalue weighted by atomic mass is 32.2. The lowest BCUT2D eigenvalue weighted by atomic mass is 10.2. The van der Waals surface area contributed by atoms with Gasteiger partial charge in [-0.2, -0.15) is 16.8 Å². The zero-order valence-corrected chi connectivity index (χ0v) is 11.9. The fourth-order valence-electron chi connectivity index (χ4n) is 1.31. The van der Waals surface area contributed by atoms with Gasteiger partial charge in [0.15, 0.2) is 0 Å². The van der Waals surface area contributed by atoms with Gasteiger partial charge in [-0.25, -0.2) is 4.79 Å². The number of carbonyl (C=O) groups excluding carboxylic acids is 2.